The number of alkyl carbamates (subject to hydrolysis) is 1. The maximum atomic E-state index is 13.4. The summed E-state index contributed by atoms with van der Waals surface area (Å²) >= 11 is 3.15. The summed E-state index contributed by atoms with van der Waals surface area (Å²) in [6.45, 7) is 5.00. The highest BCUT2D eigenvalue weighted by Crippen LogP contribution is 2.38. The van der Waals surface area contributed by atoms with Gasteiger partial charge < -0.3 is 19.5 Å². The maximum absolute atomic E-state index is 13.4. The molecule has 0 aliphatic rings. The number of hydrogen-bond donors (Lipinski definition) is 1. The lowest BCUT2D eigenvalue weighted by atomic mass is 10.0. The van der Waals surface area contributed by atoms with E-state index in [1.165, 1.54) is 0 Å². The molecule has 1 amide bonds. The van der Waals surface area contributed by atoms with E-state index in [9.17, 15) is 22.8 Å². The predicted octanol–water partition coefficient (Wildman–Crippen LogP) is 5.66. The molecule has 2 aromatic carbocycles. The van der Waals surface area contributed by atoms with Gasteiger partial charge in [0.25, 0.3) is 0 Å². The summed E-state index contributed by atoms with van der Waals surface area (Å²) in [5.41, 5.74) is -0.920. The van der Waals surface area contributed by atoms with Gasteiger partial charge in [-0.1, -0.05) is 30.3 Å². The molecular formula is C23H25BrF3NO5. The smallest absolute Gasteiger partial charge is 0.416 e. The molecular weight excluding hydrogens is 507 g/mol. The molecule has 0 aliphatic heterocycles. The molecule has 0 spiro atoms. The highest BCUT2D eigenvalue weighted by atomic mass is 79.9. The minimum absolute atomic E-state index is 0.0547. The second kappa shape index (κ2) is 10.9. The molecule has 0 aliphatic carbocycles. The van der Waals surface area contributed by atoms with E-state index in [0.29, 0.717) is 0 Å². The average Bonchev–Trinajstić information content (AvgIpc) is 2.70. The van der Waals surface area contributed by atoms with Gasteiger partial charge in [-0.25, -0.2) is 9.59 Å². The number of methoxy groups -OCH3 is 1. The Balaban J connectivity index is 2.40. The zero-order chi connectivity index (χ0) is 24.8. The number of carbonyl (C=O) groups excluding carboxylic acids is 2. The molecule has 0 fully saturated rings. The molecule has 0 aromatic heterocycles. The van der Waals surface area contributed by atoms with E-state index in [2.05, 4.69) is 21.2 Å². The van der Waals surface area contributed by atoms with Gasteiger partial charge in [0, 0.05) is 6.42 Å². The first kappa shape index (κ1) is 26.5. The highest BCUT2D eigenvalue weighted by molar-refractivity contribution is 9.10. The van der Waals surface area contributed by atoms with Crippen LogP contribution in [0, 0.1) is 0 Å². The molecule has 0 heterocycles. The van der Waals surface area contributed by atoms with Crippen molar-refractivity contribution < 1.29 is 37.0 Å². The zero-order valence-electron chi connectivity index (χ0n) is 18.6. The Labute approximate surface area is 198 Å². The van der Waals surface area contributed by atoms with Crippen LogP contribution in [0.2, 0.25) is 0 Å². The fourth-order valence-electron chi connectivity index (χ4n) is 2.86. The third-order valence-electron chi connectivity index (χ3n) is 4.27. The molecule has 1 N–H and O–H groups in total. The SMILES string of the molecule is COC(=O)[C@H](Cc1cc(C(F)(F)F)cc(Br)c1OCc1ccccc1)NC(=O)OC(C)(C)C. The van der Waals surface area contributed by atoms with Crippen LogP contribution in [0.15, 0.2) is 46.9 Å². The topological polar surface area (TPSA) is 73.9 Å². The maximum Gasteiger partial charge on any atom is 0.416 e. The van der Waals surface area contributed by atoms with Gasteiger partial charge in [0.05, 0.1) is 17.1 Å². The summed E-state index contributed by atoms with van der Waals surface area (Å²) in [5, 5.41) is 2.36. The Morgan fingerprint density at radius 2 is 1.73 bits per heavy atom. The van der Waals surface area contributed by atoms with E-state index < -0.39 is 35.4 Å². The van der Waals surface area contributed by atoms with Crippen LogP contribution in [0.4, 0.5) is 18.0 Å². The normalized spacial score (nSPS) is 12.6. The molecule has 0 unspecified atom stereocenters. The van der Waals surface area contributed by atoms with Gasteiger partial charge in [-0.2, -0.15) is 13.2 Å². The molecule has 1 atom stereocenters. The molecule has 6 nitrogen and oxygen atoms in total. The first-order valence-corrected chi connectivity index (χ1v) is 10.7. The fourth-order valence-corrected chi connectivity index (χ4v) is 3.48. The van der Waals surface area contributed by atoms with Gasteiger partial charge in [0.15, 0.2) is 0 Å². The van der Waals surface area contributed by atoms with Crippen LogP contribution in [0.3, 0.4) is 0 Å². The van der Waals surface area contributed by atoms with Crippen LogP contribution in [0.1, 0.15) is 37.5 Å². The number of alkyl halides is 3. The summed E-state index contributed by atoms with van der Waals surface area (Å²) in [6, 6.07) is 9.53. The summed E-state index contributed by atoms with van der Waals surface area (Å²) < 4.78 is 56.1. The monoisotopic (exact) mass is 531 g/mol. The van der Waals surface area contributed by atoms with Crippen LogP contribution in [-0.2, 0) is 33.5 Å². The number of rotatable bonds is 7. The van der Waals surface area contributed by atoms with Crippen LogP contribution in [0.5, 0.6) is 5.75 Å². The number of nitrogens with one attached hydrogen (secondary N) is 1. The van der Waals surface area contributed by atoms with E-state index in [4.69, 9.17) is 14.2 Å². The summed E-state index contributed by atoms with van der Waals surface area (Å²) in [4.78, 5) is 24.5. The minimum atomic E-state index is -4.63. The fraction of sp³-hybridized carbons (Fsp3) is 0.391. The third-order valence-corrected chi connectivity index (χ3v) is 4.86. The van der Waals surface area contributed by atoms with Crippen molar-refractivity contribution >= 4 is 28.0 Å². The number of carbonyl (C=O) groups is 2. The number of halogens is 4. The number of hydrogen-bond acceptors (Lipinski definition) is 5. The van der Waals surface area contributed by atoms with Crippen molar-refractivity contribution in [2.45, 2.75) is 51.6 Å². The van der Waals surface area contributed by atoms with E-state index >= 15 is 0 Å². The van der Waals surface area contributed by atoms with Crippen molar-refractivity contribution in [1.82, 2.24) is 5.32 Å². The quantitative estimate of drug-likeness (QED) is 0.467. The van der Waals surface area contributed by atoms with E-state index in [-0.39, 0.29) is 28.8 Å². The van der Waals surface area contributed by atoms with Crippen LogP contribution >= 0.6 is 15.9 Å². The second-order valence-electron chi connectivity index (χ2n) is 8.14. The van der Waals surface area contributed by atoms with Crippen molar-refractivity contribution in [1.29, 1.82) is 0 Å². The lowest BCUT2D eigenvalue weighted by molar-refractivity contribution is -0.143. The van der Waals surface area contributed by atoms with Gasteiger partial charge in [0.1, 0.15) is 24.0 Å². The summed E-state index contributed by atoms with van der Waals surface area (Å²) in [6.07, 6.45) is -5.86. The molecule has 2 aromatic rings. The molecule has 33 heavy (non-hydrogen) atoms. The molecule has 2 rings (SSSR count). The van der Waals surface area contributed by atoms with E-state index in [1.54, 1.807) is 45.0 Å². The number of ether oxygens (including phenoxy) is 3. The Kier molecular flexibility index (Phi) is 8.76. The van der Waals surface area contributed by atoms with E-state index in [1.807, 2.05) is 6.07 Å². The molecule has 0 bridgehead atoms. The van der Waals surface area contributed by atoms with E-state index in [0.717, 1.165) is 24.8 Å². The van der Waals surface area contributed by atoms with Gasteiger partial charge in [-0.3, -0.25) is 0 Å². The number of esters is 1. The molecule has 180 valence electrons. The van der Waals surface area contributed by atoms with Gasteiger partial charge in [0.2, 0.25) is 0 Å². The van der Waals surface area contributed by atoms with Crippen LogP contribution < -0.4 is 10.1 Å². The van der Waals surface area contributed by atoms with Crippen LogP contribution in [-0.4, -0.2) is 30.8 Å². The second-order valence-corrected chi connectivity index (χ2v) is 9.00. The van der Waals surface area contributed by atoms with Crippen LogP contribution in [0.25, 0.3) is 0 Å². The molecule has 10 heteroatoms. The Hall–Kier alpha value is -2.75. The highest BCUT2D eigenvalue weighted by Gasteiger charge is 2.34. The van der Waals surface area contributed by atoms with Gasteiger partial charge in [-0.05, 0) is 60.0 Å². The van der Waals surface area contributed by atoms with Crippen molar-refractivity contribution in [3.05, 3.63) is 63.6 Å². The lowest BCUT2D eigenvalue weighted by Gasteiger charge is -2.24. The average molecular weight is 532 g/mol. The summed E-state index contributed by atoms with van der Waals surface area (Å²) in [5.74, 6) is -0.727. The Morgan fingerprint density at radius 3 is 2.27 bits per heavy atom. The molecule has 0 saturated heterocycles. The van der Waals surface area contributed by atoms with Crippen molar-refractivity contribution in [3.8, 4) is 5.75 Å². The standard InChI is InChI=1S/C23H25BrF3NO5/c1-22(2,3)33-21(30)28-18(20(29)31-4)11-15-10-16(23(25,26)27)12-17(24)19(15)32-13-14-8-6-5-7-9-14/h5-10,12,18H,11,13H2,1-4H3,(H,28,30)/t18-/m0/s1. The minimum Gasteiger partial charge on any atom is -0.487 e. The predicted molar refractivity (Wildman–Crippen MR) is 119 cm³/mol. The Bertz CT molecular complexity index is 975. The number of benzene rings is 2. The van der Waals surface area contributed by atoms with Gasteiger partial charge >= 0.3 is 18.2 Å². The van der Waals surface area contributed by atoms with Crippen molar-refractivity contribution in [2.24, 2.45) is 0 Å². The molecule has 0 radical (unpaired) electrons. The van der Waals surface area contributed by atoms with Gasteiger partial charge in [-0.15, -0.1) is 0 Å². The van der Waals surface area contributed by atoms with Crippen molar-refractivity contribution in [3.63, 3.8) is 0 Å². The first-order valence-electron chi connectivity index (χ1n) is 9.94. The zero-order valence-corrected chi connectivity index (χ0v) is 20.2. The Morgan fingerprint density at radius 1 is 1.09 bits per heavy atom. The first-order chi connectivity index (χ1) is 15.3. The largest absolute Gasteiger partial charge is 0.487 e. The third kappa shape index (κ3) is 8.27. The molecule has 0 saturated carbocycles. The number of amides is 1. The van der Waals surface area contributed by atoms with Crippen molar-refractivity contribution in [2.75, 3.05) is 7.11 Å². The lowest BCUT2D eigenvalue weighted by Crippen LogP contribution is -2.45. The summed E-state index contributed by atoms with van der Waals surface area (Å²) in [7, 11) is 1.11.